The molecule has 1 aliphatic carbocycles. The van der Waals surface area contributed by atoms with Crippen molar-refractivity contribution in [3.63, 3.8) is 0 Å². The van der Waals surface area contributed by atoms with Gasteiger partial charge < -0.3 is 10.1 Å². The normalized spacial score (nSPS) is 35.0. The number of hydrogen-bond acceptors (Lipinski definition) is 2. The van der Waals surface area contributed by atoms with E-state index in [2.05, 4.69) is 11.9 Å². The van der Waals surface area contributed by atoms with E-state index < -0.39 is 0 Å². The van der Waals surface area contributed by atoms with Crippen LogP contribution in [-0.4, -0.2) is 18.7 Å². The molecule has 1 aliphatic heterocycles. The zero-order chi connectivity index (χ0) is 8.55. The Labute approximate surface area is 71.8 Å². The number of rotatable bonds is 0. The molecule has 0 spiro atoms. The lowest BCUT2D eigenvalue weighted by atomic mass is 9.82. The quantitative estimate of drug-likeness (QED) is 0.554. The molecule has 1 N–H and O–H groups in total. The van der Waals surface area contributed by atoms with Gasteiger partial charge in [0.1, 0.15) is 6.10 Å². The molecule has 1 saturated carbocycles. The van der Waals surface area contributed by atoms with Crippen LogP contribution in [0.25, 0.3) is 0 Å². The Balaban J connectivity index is 2.09. The van der Waals surface area contributed by atoms with E-state index in [9.17, 15) is 4.79 Å². The second kappa shape index (κ2) is 2.81. The molecule has 2 aliphatic rings. The van der Waals surface area contributed by atoms with Crippen molar-refractivity contribution in [2.45, 2.75) is 25.4 Å². The average Bonchev–Trinajstić information content (AvgIpc) is 2.04. The molecular formula is C9H13NO2. The predicted molar refractivity (Wildman–Crippen MR) is 44.8 cm³/mol. The summed E-state index contributed by atoms with van der Waals surface area (Å²) in [4.78, 5) is 10.9. The summed E-state index contributed by atoms with van der Waals surface area (Å²) in [6.45, 7) is 4.70. The second-order valence-corrected chi connectivity index (χ2v) is 3.48. The summed E-state index contributed by atoms with van der Waals surface area (Å²) in [5, 5.41) is 2.69. The number of nitrogens with one attached hydrogen (secondary N) is 1. The smallest absolute Gasteiger partial charge is 0.407 e. The van der Waals surface area contributed by atoms with Gasteiger partial charge in [-0.15, -0.1) is 0 Å². The highest BCUT2D eigenvalue weighted by molar-refractivity contribution is 5.68. The van der Waals surface area contributed by atoms with E-state index in [1.807, 2.05) is 0 Å². The highest BCUT2D eigenvalue weighted by Gasteiger charge is 2.34. The molecule has 2 atom stereocenters. The Morgan fingerprint density at radius 3 is 3.25 bits per heavy atom. The molecule has 1 heterocycles. The van der Waals surface area contributed by atoms with E-state index in [0.717, 1.165) is 19.3 Å². The monoisotopic (exact) mass is 167 g/mol. The van der Waals surface area contributed by atoms with Crippen LogP contribution in [0.4, 0.5) is 4.79 Å². The number of carbonyl (C=O) groups is 1. The van der Waals surface area contributed by atoms with Crippen molar-refractivity contribution in [3.05, 3.63) is 12.2 Å². The largest absolute Gasteiger partial charge is 0.446 e. The molecule has 12 heavy (non-hydrogen) atoms. The molecule has 3 nitrogen and oxygen atoms in total. The van der Waals surface area contributed by atoms with Crippen LogP contribution in [0, 0.1) is 5.92 Å². The standard InChI is InChI=1S/C9H13NO2/c1-6-3-2-4-8-7(6)5-10-9(11)12-8/h7-8H,1-5H2,(H,10,11). The molecule has 2 rings (SSSR count). The lowest BCUT2D eigenvalue weighted by Crippen LogP contribution is -2.47. The summed E-state index contributed by atoms with van der Waals surface area (Å²) >= 11 is 0. The number of amides is 1. The van der Waals surface area contributed by atoms with E-state index in [0.29, 0.717) is 12.5 Å². The van der Waals surface area contributed by atoms with Gasteiger partial charge in [0.05, 0.1) is 0 Å². The maximum Gasteiger partial charge on any atom is 0.407 e. The molecule has 0 aromatic heterocycles. The summed E-state index contributed by atoms with van der Waals surface area (Å²) in [6, 6.07) is 0. The zero-order valence-corrected chi connectivity index (χ0v) is 7.01. The van der Waals surface area contributed by atoms with Gasteiger partial charge in [0, 0.05) is 12.5 Å². The minimum atomic E-state index is -0.272. The van der Waals surface area contributed by atoms with Crippen LogP contribution >= 0.6 is 0 Å². The van der Waals surface area contributed by atoms with E-state index in [4.69, 9.17) is 4.74 Å². The van der Waals surface area contributed by atoms with Gasteiger partial charge in [0.25, 0.3) is 0 Å². The maximum atomic E-state index is 10.9. The number of alkyl carbamates (subject to hydrolysis) is 1. The maximum absolute atomic E-state index is 10.9. The van der Waals surface area contributed by atoms with Gasteiger partial charge in [-0.05, 0) is 19.3 Å². The number of hydrogen-bond donors (Lipinski definition) is 1. The van der Waals surface area contributed by atoms with Crippen molar-refractivity contribution >= 4 is 6.09 Å². The number of fused-ring (bicyclic) bond motifs is 1. The van der Waals surface area contributed by atoms with E-state index in [-0.39, 0.29) is 12.2 Å². The minimum Gasteiger partial charge on any atom is -0.446 e. The zero-order valence-electron chi connectivity index (χ0n) is 7.01. The first-order valence-corrected chi connectivity index (χ1v) is 4.39. The molecule has 66 valence electrons. The summed E-state index contributed by atoms with van der Waals surface area (Å²) in [5.41, 5.74) is 1.23. The van der Waals surface area contributed by atoms with Gasteiger partial charge >= 0.3 is 6.09 Å². The van der Waals surface area contributed by atoms with E-state index >= 15 is 0 Å². The first kappa shape index (κ1) is 7.65. The molecule has 0 aromatic rings. The van der Waals surface area contributed by atoms with Crippen molar-refractivity contribution in [2.75, 3.05) is 6.54 Å². The van der Waals surface area contributed by atoms with Crippen molar-refractivity contribution in [1.29, 1.82) is 0 Å². The van der Waals surface area contributed by atoms with Crippen LogP contribution in [0.15, 0.2) is 12.2 Å². The predicted octanol–water partition coefficient (Wildman–Crippen LogP) is 1.45. The van der Waals surface area contributed by atoms with Crippen LogP contribution in [0.5, 0.6) is 0 Å². The molecule has 0 bridgehead atoms. The Bertz CT molecular complexity index is 225. The molecular weight excluding hydrogens is 154 g/mol. The third-order valence-corrected chi connectivity index (χ3v) is 2.68. The van der Waals surface area contributed by atoms with Gasteiger partial charge in [-0.1, -0.05) is 12.2 Å². The molecule has 1 saturated heterocycles. The highest BCUT2D eigenvalue weighted by atomic mass is 16.6. The second-order valence-electron chi connectivity index (χ2n) is 3.48. The van der Waals surface area contributed by atoms with Gasteiger partial charge in [0.2, 0.25) is 0 Å². The lowest BCUT2D eigenvalue weighted by molar-refractivity contribution is 0.0331. The Morgan fingerprint density at radius 2 is 2.42 bits per heavy atom. The third-order valence-electron chi connectivity index (χ3n) is 2.68. The highest BCUT2D eigenvalue weighted by Crippen LogP contribution is 2.31. The van der Waals surface area contributed by atoms with Gasteiger partial charge in [0.15, 0.2) is 0 Å². The number of ether oxygens (including phenoxy) is 1. The van der Waals surface area contributed by atoms with Crippen LogP contribution in [0.1, 0.15) is 19.3 Å². The molecule has 3 heteroatoms. The van der Waals surface area contributed by atoms with Crippen LogP contribution in [0.2, 0.25) is 0 Å². The van der Waals surface area contributed by atoms with E-state index in [1.165, 1.54) is 5.57 Å². The van der Waals surface area contributed by atoms with Crippen molar-refractivity contribution in [3.8, 4) is 0 Å². The molecule has 2 fully saturated rings. The summed E-state index contributed by atoms with van der Waals surface area (Å²) in [5.74, 6) is 0.358. The Kier molecular flexibility index (Phi) is 1.79. The van der Waals surface area contributed by atoms with Gasteiger partial charge in [-0.25, -0.2) is 4.79 Å². The van der Waals surface area contributed by atoms with E-state index in [1.54, 1.807) is 0 Å². The summed E-state index contributed by atoms with van der Waals surface area (Å²) < 4.78 is 5.15. The Morgan fingerprint density at radius 1 is 1.58 bits per heavy atom. The van der Waals surface area contributed by atoms with Crippen LogP contribution in [-0.2, 0) is 4.74 Å². The fraction of sp³-hybridized carbons (Fsp3) is 0.667. The Hall–Kier alpha value is -0.990. The molecule has 2 unspecified atom stereocenters. The average molecular weight is 167 g/mol. The van der Waals surface area contributed by atoms with Crippen molar-refractivity contribution in [2.24, 2.45) is 5.92 Å². The van der Waals surface area contributed by atoms with Crippen molar-refractivity contribution in [1.82, 2.24) is 5.32 Å². The third kappa shape index (κ3) is 1.19. The van der Waals surface area contributed by atoms with Crippen LogP contribution in [0.3, 0.4) is 0 Å². The molecule has 1 amide bonds. The summed E-state index contributed by atoms with van der Waals surface area (Å²) in [6.07, 6.45) is 3.01. The fourth-order valence-corrected chi connectivity index (χ4v) is 1.97. The molecule has 0 aromatic carbocycles. The SMILES string of the molecule is C=C1CCCC2OC(=O)NCC12. The molecule has 0 radical (unpaired) electrons. The van der Waals surface area contributed by atoms with Crippen LogP contribution < -0.4 is 5.32 Å². The topological polar surface area (TPSA) is 38.3 Å². The van der Waals surface area contributed by atoms with Crippen molar-refractivity contribution < 1.29 is 9.53 Å². The lowest BCUT2D eigenvalue weighted by Gasteiger charge is -2.36. The number of carbonyl (C=O) groups excluding carboxylic acids is 1. The minimum absolute atomic E-state index is 0.0972. The first-order valence-electron chi connectivity index (χ1n) is 4.39. The first-order chi connectivity index (χ1) is 5.77. The van der Waals surface area contributed by atoms with Gasteiger partial charge in [-0.2, -0.15) is 0 Å². The fourth-order valence-electron chi connectivity index (χ4n) is 1.97. The van der Waals surface area contributed by atoms with Gasteiger partial charge in [-0.3, -0.25) is 0 Å². The summed E-state index contributed by atoms with van der Waals surface area (Å²) in [7, 11) is 0.